The summed E-state index contributed by atoms with van der Waals surface area (Å²) in [6, 6.07) is 6.17. The number of nitriles is 1. The minimum Gasteiger partial charge on any atom is -0.464 e. The van der Waals surface area contributed by atoms with E-state index in [0.29, 0.717) is 11.3 Å². The zero-order valence-electron chi connectivity index (χ0n) is 11.0. The van der Waals surface area contributed by atoms with Crippen LogP contribution in [0.5, 0.6) is 0 Å². The number of nitrogens with two attached hydrogens (primary N) is 1. The van der Waals surface area contributed by atoms with Gasteiger partial charge in [0, 0.05) is 11.9 Å². The number of halogens is 1. The molecule has 0 aliphatic carbocycles. The number of anilines is 1. The first-order valence-corrected chi connectivity index (χ1v) is 5.74. The molecular weight excluding hydrogens is 261 g/mol. The summed E-state index contributed by atoms with van der Waals surface area (Å²) >= 11 is 0. The molecule has 0 spiro atoms. The number of carbonyl (C=O) groups is 1. The lowest BCUT2D eigenvalue weighted by molar-refractivity contribution is 0.0593. The summed E-state index contributed by atoms with van der Waals surface area (Å²) in [5.74, 6) is -1.13. The molecule has 0 unspecified atom stereocenters. The second kappa shape index (κ2) is 5.05. The van der Waals surface area contributed by atoms with Gasteiger partial charge in [-0.2, -0.15) is 5.26 Å². The van der Waals surface area contributed by atoms with Crippen molar-refractivity contribution in [1.29, 1.82) is 5.26 Å². The second-order valence-corrected chi connectivity index (χ2v) is 4.27. The number of esters is 1. The van der Waals surface area contributed by atoms with Crippen molar-refractivity contribution >= 4 is 11.7 Å². The summed E-state index contributed by atoms with van der Waals surface area (Å²) in [5.41, 5.74) is 7.00. The highest BCUT2D eigenvalue weighted by molar-refractivity contribution is 5.95. The summed E-state index contributed by atoms with van der Waals surface area (Å²) in [5, 5.41) is 9.00. The third-order valence-corrected chi connectivity index (χ3v) is 2.85. The first-order chi connectivity index (χ1) is 9.47. The van der Waals surface area contributed by atoms with Gasteiger partial charge in [-0.3, -0.25) is 0 Å². The van der Waals surface area contributed by atoms with Crippen LogP contribution in [0.25, 0.3) is 5.69 Å². The molecule has 0 amide bonds. The molecule has 5 nitrogen and oxygen atoms in total. The van der Waals surface area contributed by atoms with Crippen molar-refractivity contribution < 1.29 is 13.9 Å². The Labute approximate surface area is 115 Å². The fraction of sp³-hybridized carbons (Fsp3) is 0.143. The Bertz CT molecular complexity index is 709. The smallest absolute Gasteiger partial charge is 0.357 e. The van der Waals surface area contributed by atoms with Gasteiger partial charge in [0.1, 0.15) is 11.9 Å². The van der Waals surface area contributed by atoms with Crippen LogP contribution in [0.1, 0.15) is 21.6 Å². The van der Waals surface area contributed by atoms with E-state index in [1.807, 2.05) is 6.07 Å². The molecule has 0 saturated carbocycles. The van der Waals surface area contributed by atoms with Crippen LogP contribution >= 0.6 is 0 Å². The molecule has 2 N–H and O–H groups in total. The summed E-state index contributed by atoms with van der Waals surface area (Å²) in [6.07, 6.45) is 1.38. The van der Waals surface area contributed by atoms with Crippen molar-refractivity contribution in [2.45, 2.75) is 6.92 Å². The van der Waals surface area contributed by atoms with Crippen LogP contribution in [-0.4, -0.2) is 17.6 Å². The fourth-order valence-corrected chi connectivity index (χ4v) is 1.97. The molecule has 0 atom stereocenters. The number of rotatable bonds is 2. The molecule has 0 bridgehead atoms. The van der Waals surface area contributed by atoms with Crippen LogP contribution in [0.4, 0.5) is 10.1 Å². The number of carbonyl (C=O) groups excluding carboxylic acids is 1. The lowest BCUT2D eigenvalue weighted by Crippen LogP contribution is -2.11. The van der Waals surface area contributed by atoms with E-state index in [9.17, 15) is 9.18 Å². The minimum atomic E-state index is -0.689. The zero-order chi connectivity index (χ0) is 14.9. The highest BCUT2D eigenvalue weighted by Gasteiger charge is 2.21. The van der Waals surface area contributed by atoms with Crippen LogP contribution < -0.4 is 5.73 Å². The van der Waals surface area contributed by atoms with Crippen molar-refractivity contribution in [3.63, 3.8) is 0 Å². The maximum absolute atomic E-state index is 13.5. The molecular formula is C14H12FN3O2. The van der Waals surface area contributed by atoms with E-state index >= 15 is 0 Å². The van der Waals surface area contributed by atoms with Crippen molar-refractivity contribution in [3.05, 3.63) is 47.0 Å². The number of methoxy groups -OCH3 is 1. The van der Waals surface area contributed by atoms with Crippen LogP contribution in [-0.2, 0) is 4.74 Å². The normalized spacial score (nSPS) is 10.1. The molecule has 1 heterocycles. The Balaban J connectivity index is 2.73. The van der Waals surface area contributed by atoms with Crippen molar-refractivity contribution in [2.24, 2.45) is 0 Å². The first kappa shape index (κ1) is 13.6. The molecule has 102 valence electrons. The molecule has 0 aliphatic rings. The quantitative estimate of drug-likeness (QED) is 0.850. The van der Waals surface area contributed by atoms with Gasteiger partial charge in [0.25, 0.3) is 0 Å². The van der Waals surface area contributed by atoms with Crippen molar-refractivity contribution in [1.82, 2.24) is 4.57 Å². The van der Waals surface area contributed by atoms with Crippen LogP contribution in [0.15, 0.2) is 24.4 Å². The largest absolute Gasteiger partial charge is 0.464 e. The molecule has 1 aromatic carbocycles. The van der Waals surface area contributed by atoms with Gasteiger partial charge < -0.3 is 15.0 Å². The number of nitrogens with zero attached hydrogens (tertiary/aromatic N) is 2. The highest BCUT2D eigenvalue weighted by atomic mass is 19.1. The summed E-state index contributed by atoms with van der Waals surface area (Å²) < 4.78 is 19.5. The van der Waals surface area contributed by atoms with E-state index in [1.54, 1.807) is 13.0 Å². The molecule has 0 aliphatic heterocycles. The fourth-order valence-electron chi connectivity index (χ4n) is 1.97. The Morgan fingerprint density at radius 3 is 2.70 bits per heavy atom. The van der Waals surface area contributed by atoms with Crippen LogP contribution in [0, 0.1) is 24.1 Å². The van der Waals surface area contributed by atoms with Gasteiger partial charge in [-0.25, -0.2) is 9.18 Å². The average molecular weight is 273 g/mol. The van der Waals surface area contributed by atoms with E-state index in [4.69, 9.17) is 11.0 Å². The lowest BCUT2D eigenvalue weighted by Gasteiger charge is -2.09. The molecule has 0 saturated heterocycles. The van der Waals surface area contributed by atoms with E-state index in [2.05, 4.69) is 4.74 Å². The van der Waals surface area contributed by atoms with Gasteiger partial charge in [-0.15, -0.1) is 0 Å². The Kier molecular flexibility index (Phi) is 3.44. The van der Waals surface area contributed by atoms with Gasteiger partial charge in [-0.05, 0) is 30.7 Å². The van der Waals surface area contributed by atoms with Gasteiger partial charge in [0.15, 0.2) is 5.69 Å². The standard InChI is InChI=1S/C14H12FN3O2/c1-8-3-10(15)5-11(4-8)18-7-9(6-16)12(17)13(18)14(19)20-2/h3-5,7H,17H2,1-2H3. The third kappa shape index (κ3) is 2.21. The van der Waals surface area contributed by atoms with Gasteiger partial charge in [-0.1, -0.05) is 0 Å². The lowest BCUT2D eigenvalue weighted by atomic mass is 10.2. The number of aromatic nitrogens is 1. The SMILES string of the molecule is COC(=O)c1c(N)c(C#N)cn1-c1cc(C)cc(F)c1. The molecule has 1 aromatic heterocycles. The predicted octanol–water partition coefficient (Wildman–Crippen LogP) is 2.17. The topological polar surface area (TPSA) is 81.0 Å². The zero-order valence-corrected chi connectivity index (χ0v) is 11.0. The third-order valence-electron chi connectivity index (χ3n) is 2.85. The summed E-state index contributed by atoms with van der Waals surface area (Å²) in [6.45, 7) is 1.72. The summed E-state index contributed by atoms with van der Waals surface area (Å²) in [4.78, 5) is 11.8. The Morgan fingerprint density at radius 2 is 2.15 bits per heavy atom. The molecule has 0 fully saturated rings. The number of ether oxygens (including phenoxy) is 1. The molecule has 20 heavy (non-hydrogen) atoms. The average Bonchev–Trinajstić information content (AvgIpc) is 2.73. The number of aryl methyl sites for hydroxylation is 1. The van der Waals surface area contributed by atoms with Crippen LogP contribution in [0.2, 0.25) is 0 Å². The van der Waals surface area contributed by atoms with E-state index < -0.39 is 11.8 Å². The Hall–Kier alpha value is -2.81. The van der Waals surface area contributed by atoms with Crippen molar-refractivity contribution in [2.75, 3.05) is 12.8 Å². The van der Waals surface area contributed by atoms with E-state index in [-0.39, 0.29) is 16.9 Å². The number of nitrogen functional groups attached to an aromatic ring is 1. The van der Waals surface area contributed by atoms with E-state index in [0.717, 1.165) is 0 Å². The maximum atomic E-state index is 13.5. The molecule has 2 aromatic rings. The minimum absolute atomic E-state index is 0.00838. The van der Waals surface area contributed by atoms with Gasteiger partial charge in [0.2, 0.25) is 0 Å². The predicted molar refractivity (Wildman–Crippen MR) is 70.9 cm³/mol. The number of benzene rings is 1. The highest BCUT2D eigenvalue weighted by Crippen LogP contribution is 2.25. The van der Waals surface area contributed by atoms with Gasteiger partial charge >= 0.3 is 5.97 Å². The number of hydrogen-bond acceptors (Lipinski definition) is 4. The molecule has 0 radical (unpaired) electrons. The summed E-state index contributed by atoms with van der Waals surface area (Å²) in [7, 11) is 1.21. The maximum Gasteiger partial charge on any atom is 0.357 e. The molecule has 2 rings (SSSR count). The van der Waals surface area contributed by atoms with Crippen LogP contribution in [0.3, 0.4) is 0 Å². The Morgan fingerprint density at radius 1 is 1.45 bits per heavy atom. The molecule has 6 heteroatoms. The first-order valence-electron chi connectivity index (χ1n) is 5.74. The number of hydrogen-bond donors (Lipinski definition) is 1. The van der Waals surface area contributed by atoms with Gasteiger partial charge in [0.05, 0.1) is 18.4 Å². The van der Waals surface area contributed by atoms with Crippen molar-refractivity contribution in [3.8, 4) is 11.8 Å². The van der Waals surface area contributed by atoms with E-state index in [1.165, 1.54) is 30.0 Å². The monoisotopic (exact) mass is 273 g/mol. The second-order valence-electron chi connectivity index (χ2n) is 4.27.